The van der Waals surface area contributed by atoms with Crippen molar-refractivity contribution in [1.82, 2.24) is 0 Å². The molecule has 0 fully saturated rings. The van der Waals surface area contributed by atoms with Crippen molar-refractivity contribution in [2.24, 2.45) is 5.41 Å². The summed E-state index contributed by atoms with van der Waals surface area (Å²) in [6.07, 6.45) is 0. The van der Waals surface area contributed by atoms with Gasteiger partial charge in [-0.15, -0.1) is 0 Å². The number of hydrogen-bond acceptors (Lipinski definition) is 0. The van der Waals surface area contributed by atoms with Crippen LogP contribution in [0.3, 0.4) is 0 Å². The standard InChI is InChI=1S/C6H10Cl2F2/c1-5(2,3)6(9,10)4(7)8/h4H,1-3H3. The number of hydrogen-bond donors (Lipinski definition) is 0. The summed E-state index contributed by atoms with van der Waals surface area (Å²) in [5.74, 6) is -3.03. The Balaban J connectivity index is 4.40. The van der Waals surface area contributed by atoms with E-state index >= 15 is 0 Å². The molecule has 0 aromatic heterocycles. The first-order valence-corrected chi connectivity index (χ1v) is 3.73. The van der Waals surface area contributed by atoms with E-state index < -0.39 is 16.2 Å². The second-order valence-electron chi connectivity index (χ2n) is 3.17. The lowest BCUT2D eigenvalue weighted by Crippen LogP contribution is -2.39. The molecule has 0 bridgehead atoms. The van der Waals surface area contributed by atoms with Crippen LogP contribution in [0.15, 0.2) is 0 Å². The summed E-state index contributed by atoms with van der Waals surface area (Å²) in [7, 11) is 0. The molecule has 4 heteroatoms. The normalized spacial score (nSPS) is 14.4. The second kappa shape index (κ2) is 2.82. The van der Waals surface area contributed by atoms with Crippen molar-refractivity contribution in [3.05, 3.63) is 0 Å². The molecule has 0 heterocycles. The molecule has 0 nitrogen and oxygen atoms in total. The Morgan fingerprint density at radius 3 is 1.40 bits per heavy atom. The average molecular weight is 191 g/mol. The molecule has 62 valence electrons. The molecule has 0 aliphatic carbocycles. The maximum Gasteiger partial charge on any atom is 0.282 e. The fraction of sp³-hybridized carbons (Fsp3) is 1.00. The Bertz CT molecular complexity index is 115. The van der Waals surface area contributed by atoms with Gasteiger partial charge in [0.2, 0.25) is 0 Å². The van der Waals surface area contributed by atoms with Gasteiger partial charge in [-0.2, -0.15) is 0 Å². The fourth-order valence-electron chi connectivity index (χ4n) is 0.327. The highest BCUT2D eigenvalue weighted by Crippen LogP contribution is 2.42. The molecule has 0 aromatic rings. The lowest BCUT2D eigenvalue weighted by atomic mass is 9.89. The van der Waals surface area contributed by atoms with Gasteiger partial charge in [-0.1, -0.05) is 44.0 Å². The van der Waals surface area contributed by atoms with Crippen LogP contribution >= 0.6 is 23.2 Å². The molecule has 0 rings (SSSR count). The summed E-state index contributed by atoms with van der Waals surface area (Å²) >= 11 is 10.1. The zero-order chi connectivity index (χ0) is 8.58. The van der Waals surface area contributed by atoms with E-state index in [9.17, 15) is 8.78 Å². The minimum absolute atomic E-state index is 1.18. The largest absolute Gasteiger partial charge is 0.282 e. The topological polar surface area (TPSA) is 0 Å². The quantitative estimate of drug-likeness (QED) is 0.556. The summed E-state index contributed by atoms with van der Waals surface area (Å²) in [6.45, 7) is 4.18. The van der Waals surface area contributed by atoms with Crippen LogP contribution in [0.5, 0.6) is 0 Å². The Morgan fingerprint density at radius 2 is 1.40 bits per heavy atom. The van der Waals surface area contributed by atoms with Gasteiger partial charge in [0, 0.05) is 5.41 Å². The van der Waals surface area contributed by atoms with Gasteiger partial charge in [-0.25, -0.2) is 8.78 Å². The molecule has 0 radical (unpaired) electrons. The first-order valence-electron chi connectivity index (χ1n) is 2.85. The third kappa shape index (κ3) is 1.96. The van der Waals surface area contributed by atoms with E-state index in [1.165, 1.54) is 20.8 Å². The van der Waals surface area contributed by atoms with Gasteiger partial charge in [-0.3, -0.25) is 0 Å². The van der Waals surface area contributed by atoms with Gasteiger partial charge in [-0.05, 0) is 0 Å². The lowest BCUT2D eigenvalue weighted by Gasteiger charge is -2.30. The SMILES string of the molecule is CC(C)(C)C(F)(F)C(Cl)Cl. The molecular weight excluding hydrogens is 181 g/mol. The van der Waals surface area contributed by atoms with Crippen LogP contribution in [0.1, 0.15) is 20.8 Å². The van der Waals surface area contributed by atoms with Crippen LogP contribution in [0.4, 0.5) is 8.78 Å². The Labute approximate surface area is 69.5 Å². The summed E-state index contributed by atoms with van der Waals surface area (Å²) in [5, 5.41) is 0. The van der Waals surface area contributed by atoms with Gasteiger partial charge < -0.3 is 0 Å². The van der Waals surface area contributed by atoms with Gasteiger partial charge in [0.1, 0.15) is 0 Å². The monoisotopic (exact) mass is 190 g/mol. The molecule has 0 aromatic carbocycles. The molecule has 0 spiro atoms. The van der Waals surface area contributed by atoms with E-state index in [4.69, 9.17) is 23.2 Å². The van der Waals surface area contributed by atoms with Crippen LogP contribution in [0, 0.1) is 5.41 Å². The van der Waals surface area contributed by atoms with E-state index in [0.29, 0.717) is 0 Å². The van der Waals surface area contributed by atoms with Gasteiger partial charge in [0.25, 0.3) is 5.92 Å². The third-order valence-corrected chi connectivity index (χ3v) is 1.82. The molecular formula is C6H10Cl2F2. The van der Waals surface area contributed by atoms with Crippen LogP contribution in [-0.2, 0) is 0 Å². The van der Waals surface area contributed by atoms with E-state index in [2.05, 4.69) is 0 Å². The van der Waals surface area contributed by atoms with Crippen LogP contribution < -0.4 is 0 Å². The Kier molecular flexibility index (Phi) is 2.94. The summed E-state index contributed by atoms with van der Waals surface area (Å²) in [5.41, 5.74) is -1.18. The third-order valence-electron chi connectivity index (χ3n) is 1.27. The number of alkyl halides is 4. The predicted molar refractivity (Wildman–Crippen MR) is 39.9 cm³/mol. The highest BCUT2D eigenvalue weighted by atomic mass is 35.5. The Morgan fingerprint density at radius 1 is 1.10 bits per heavy atom. The zero-order valence-corrected chi connectivity index (χ0v) is 7.60. The van der Waals surface area contributed by atoms with Gasteiger partial charge in [0.15, 0.2) is 4.84 Å². The van der Waals surface area contributed by atoms with E-state index in [1.807, 2.05) is 0 Å². The van der Waals surface area contributed by atoms with Crippen molar-refractivity contribution in [2.45, 2.75) is 31.5 Å². The Hall–Kier alpha value is 0.440. The molecule has 0 unspecified atom stereocenters. The van der Waals surface area contributed by atoms with Crippen molar-refractivity contribution >= 4 is 23.2 Å². The van der Waals surface area contributed by atoms with Crippen LogP contribution in [0.2, 0.25) is 0 Å². The molecule has 10 heavy (non-hydrogen) atoms. The molecule has 0 atom stereocenters. The molecule has 0 saturated heterocycles. The van der Waals surface area contributed by atoms with E-state index in [1.54, 1.807) is 0 Å². The number of halogens is 4. The smallest absolute Gasteiger partial charge is 0.203 e. The number of rotatable bonds is 1. The van der Waals surface area contributed by atoms with Gasteiger partial charge >= 0.3 is 0 Å². The highest BCUT2D eigenvalue weighted by molar-refractivity contribution is 6.45. The minimum atomic E-state index is -3.03. The maximum atomic E-state index is 12.8. The lowest BCUT2D eigenvalue weighted by molar-refractivity contribution is -0.0836. The summed E-state index contributed by atoms with van der Waals surface area (Å²) in [4.78, 5) is -1.63. The van der Waals surface area contributed by atoms with Crippen molar-refractivity contribution in [3.63, 3.8) is 0 Å². The minimum Gasteiger partial charge on any atom is -0.203 e. The molecule has 0 saturated carbocycles. The van der Waals surface area contributed by atoms with Crippen LogP contribution in [0.25, 0.3) is 0 Å². The first kappa shape index (κ1) is 10.4. The molecule has 0 aliphatic rings. The highest BCUT2D eigenvalue weighted by Gasteiger charge is 2.48. The van der Waals surface area contributed by atoms with Gasteiger partial charge in [0.05, 0.1) is 0 Å². The van der Waals surface area contributed by atoms with Crippen molar-refractivity contribution < 1.29 is 8.78 Å². The van der Waals surface area contributed by atoms with Crippen molar-refractivity contribution in [2.75, 3.05) is 0 Å². The molecule has 0 amide bonds. The molecule has 0 aliphatic heterocycles. The van der Waals surface area contributed by atoms with Crippen LogP contribution in [-0.4, -0.2) is 10.8 Å². The average Bonchev–Trinajstić information content (AvgIpc) is 1.62. The zero-order valence-electron chi connectivity index (χ0n) is 6.09. The second-order valence-corrected chi connectivity index (χ2v) is 4.27. The predicted octanol–water partition coefficient (Wildman–Crippen LogP) is 3.47. The van der Waals surface area contributed by atoms with E-state index in [0.717, 1.165) is 0 Å². The van der Waals surface area contributed by atoms with Crippen molar-refractivity contribution in [1.29, 1.82) is 0 Å². The van der Waals surface area contributed by atoms with E-state index in [-0.39, 0.29) is 0 Å². The summed E-state index contributed by atoms with van der Waals surface area (Å²) in [6, 6.07) is 0. The maximum absolute atomic E-state index is 12.8. The van der Waals surface area contributed by atoms with Crippen molar-refractivity contribution in [3.8, 4) is 0 Å². The summed E-state index contributed by atoms with van der Waals surface area (Å²) < 4.78 is 25.6. The fourth-order valence-corrected chi connectivity index (χ4v) is 0.982. The molecule has 0 N–H and O–H groups in total. The first-order chi connectivity index (χ1) is 4.19.